The number of rotatable bonds is 7. The van der Waals surface area contributed by atoms with Gasteiger partial charge in [-0.15, -0.1) is 0 Å². The van der Waals surface area contributed by atoms with Crippen molar-refractivity contribution in [1.29, 1.82) is 0 Å². The Balaban J connectivity index is 1.58. The lowest BCUT2D eigenvalue weighted by atomic mass is 10.1. The Morgan fingerprint density at radius 2 is 2.00 bits per heavy atom. The zero-order valence-corrected chi connectivity index (χ0v) is 17.9. The number of anilines is 1. The zero-order valence-electron chi connectivity index (χ0n) is 17.9. The molecule has 9 nitrogen and oxygen atoms in total. The minimum Gasteiger partial charge on any atom is -0.495 e. The minimum atomic E-state index is -0.663. The number of amides is 1. The topological polar surface area (TPSA) is 108 Å². The molecule has 0 atom stereocenters. The summed E-state index contributed by atoms with van der Waals surface area (Å²) in [6, 6.07) is 12.1. The van der Waals surface area contributed by atoms with E-state index in [4.69, 9.17) is 13.9 Å². The first-order valence-corrected chi connectivity index (χ1v) is 10.00. The summed E-state index contributed by atoms with van der Waals surface area (Å²) in [6.07, 6.45) is 3.10. The van der Waals surface area contributed by atoms with Crippen LogP contribution in [0.5, 0.6) is 5.75 Å². The lowest BCUT2D eigenvalue weighted by Gasteiger charge is -2.11. The fourth-order valence-corrected chi connectivity index (χ4v) is 3.26. The molecule has 3 aromatic heterocycles. The van der Waals surface area contributed by atoms with Crippen molar-refractivity contribution in [2.24, 2.45) is 0 Å². The number of nitrogens with one attached hydrogen (secondary N) is 1. The largest absolute Gasteiger partial charge is 0.495 e. The second-order valence-corrected chi connectivity index (χ2v) is 7.28. The number of esters is 1. The quantitative estimate of drug-likeness (QED) is 0.437. The Morgan fingerprint density at radius 1 is 1.19 bits per heavy atom. The molecule has 4 rings (SSSR count). The van der Waals surface area contributed by atoms with E-state index in [2.05, 4.69) is 15.4 Å². The van der Waals surface area contributed by atoms with Gasteiger partial charge in [0.25, 0.3) is 5.91 Å². The summed E-state index contributed by atoms with van der Waals surface area (Å²) in [5.74, 6) is -0.139. The van der Waals surface area contributed by atoms with Crippen LogP contribution in [0.1, 0.15) is 30.2 Å². The Labute approximate surface area is 184 Å². The number of fused-ring (bicyclic) bond motifs is 1. The summed E-state index contributed by atoms with van der Waals surface area (Å²) in [6.45, 7) is 3.47. The molecule has 3 heterocycles. The first-order valence-electron chi connectivity index (χ1n) is 10.00. The fraction of sp³-hybridized carbons (Fsp3) is 0.217. The van der Waals surface area contributed by atoms with Crippen LogP contribution in [0.15, 0.2) is 59.3 Å². The molecule has 0 saturated heterocycles. The average Bonchev–Trinajstić information content (AvgIpc) is 3.47. The van der Waals surface area contributed by atoms with Gasteiger partial charge >= 0.3 is 5.97 Å². The van der Waals surface area contributed by atoms with Gasteiger partial charge in [-0.05, 0) is 44.2 Å². The molecule has 0 radical (unpaired) electrons. The number of benzene rings is 1. The van der Waals surface area contributed by atoms with E-state index in [0.29, 0.717) is 33.9 Å². The minimum absolute atomic E-state index is 0.0300. The maximum Gasteiger partial charge on any atom is 0.339 e. The van der Waals surface area contributed by atoms with E-state index in [-0.39, 0.29) is 11.6 Å². The van der Waals surface area contributed by atoms with Crippen LogP contribution in [0, 0.1) is 0 Å². The van der Waals surface area contributed by atoms with Crippen molar-refractivity contribution in [3.05, 3.63) is 60.5 Å². The highest BCUT2D eigenvalue weighted by atomic mass is 16.5. The van der Waals surface area contributed by atoms with Crippen molar-refractivity contribution in [1.82, 2.24) is 14.8 Å². The maximum absolute atomic E-state index is 12.9. The highest BCUT2D eigenvalue weighted by Gasteiger charge is 2.21. The lowest BCUT2D eigenvalue weighted by molar-refractivity contribution is -0.119. The smallest absolute Gasteiger partial charge is 0.339 e. The summed E-state index contributed by atoms with van der Waals surface area (Å²) < 4.78 is 17.7. The third-order valence-electron chi connectivity index (χ3n) is 4.76. The summed E-state index contributed by atoms with van der Waals surface area (Å²) in [5, 5.41) is 7.56. The van der Waals surface area contributed by atoms with Crippen molar-refractivity contribution in [3.8, 4) is 17.2 Å². The molecule has 0 unspecified atom stereocenters. The standard InChI is InChI=1S/C23H22N4O5/c1-14(2)27-22-16(12-24-27)15(11-18(26-22)20-9-6-10-31-20)23(29)32-13-21(28)25-17-7-4-5-8-19(17)30-3/h4-12,14H,13H2,1-3H3,(H,25,28). The number of carbonyl (C=O) groups excluding carboxylic acids is 2. The highest BCUT2D eigenvalue weighted by Crippen LogP contribution is 2.27. The number of hydrogen-bond acceptors (Lipinski definition) is 7. The van der Waals surface area contributed by atoms with E-state index in [1.165, 1.54) is 13.4 Å². The van der Waals surface area contributed by atoms with Crippen molar-refractivity contribution >= 4 is 28.6 Å². The van der Waals surface area contributed by atoms with Crippen LogP contribution in [-0.4, -0.2) is 40.4 Å². The van der Waals surface area contributed by atoms with E-state index in [1.807, 2.05) is 13.8 Å². The SMILES string of the molecule is COc1ccccc1NC(=O)COC(=O)c1cc(-c2ccco2)nc2c1cnn2C(C)C. The predicted octanol–water partition coefficient (Wildman–Crippen LogP) is 4.08. The third kappa shape index (κ3) is 4.18. The molecular weight excluding hydrogens is 412 g/mol. The van der Waals surface area contributed by atoms with Gasteiger partial charge in [0.05, 0.1) is 36.2 Å². The van der Waals surface area contributed by atoms with Crippen molar-refractivity contribution in [2.45, 2.75) is 19.9 Å². The molecule has 0 saturated carbocycles. The van der Waals surface area contributed by atoms with Crippen LogP contribution >= 0.6 is 0 Å². The monoisotopic (exact) mass is 434 g/mol. The molecule has 32 heavy (non-hydrogen) atoms. The molecule has 0 bridgehead atoms. The van der Waals surface area contributed by atoms with Gasteiger partial charge in [-0.25, -0.2) is 14.5 Å². The number of carbonyl (C=O) groups is 2. The molecule has 0 aliphatic rings. The Morgan fingerprint density at radius 3 is 2.72 bits per heavy atom. The number of furan rings is 1. The predicted molar refractivity (Wildman–Crippen MR) is 118 cm³/mol. The van der Waals surface area contributed by atoms with Crippen LogP contribution in [0.4, 0.5) is 5.69 Å². The third-order valence-corrected chi connectivity index (χ3v) is 4.76. The molecule has 0 spiro atoms. The number of hydrogen-bond donors (Lipinski definition) is 1. The average molecular weight is 434 g/mol. The van der Waals surface area contributed by atoms with E-state index in [1.54, 1.807) is 53.3 Å². The first kappa shape index (κ1) is 21.1. The summed E-state index contributed by atoms with van der Waals surface area (Å²) in [4.78, 5) is 29.9. The van der Waals surface area contributed by atoms with Gasteiger partial charge in [0, 0.05) is 6.04 Å². The summed E-state index contributed by atoms with van der Waals surface area (Å²) in [5.41, 5.74) is 1.73. The highest BCUT2D eigenvalue weighted by molar-refractivity contribution is 6.04. The number of pyridine rings is 1. The second kappa shape index (κ2) is 8.93. The van der Waals surface area contributed by atoms with Gasteiger partial charge < -0.3 is 19.2 Å². The molecule has 0 aliphatic heterocycles. The number of ether oxygens (including phenoxy) is 2. The molecular formula is C23H22N4O5. The van der Waals surface area contributed by atoms with Crippen molar-refractivity contribution in [2.75, 3.05) is 19.0 Å². The molecule has 9 heteroatoms. The molecule has 1 amide bonds. The molecule has 0 aliphatic carbocycles. The molecule has 1 aromatic carbocycles. The number of para-hydroxylation sites is 2. The van der Waals surface area contributed by atoms with E-state index in [9.17, 15) is 9.59 Å². The zero-order chi connectivity index (χ0) is 22.7. The maximum atomic E-state index is 12.9. The Kier molecular flexibility index (Phi) is 5.89. The van der Waals surface area contributed by atoms with Crippen LogP contribution in [0.2, 0.25) is 0 Å². The summed E-state index contributed by atoms with van der Waals surface area (Å²) in [7, 11) is 1.51. The van der Waals surface area contributed by atoms with Gasteiger partial charge in [0.1, 0.15) is 11.4 Å². The van der Waals surface area contributed by atoms with Crippen LogP contribution < -0.4 is 10.1 Å². The number of aromatic nitrogens is 3. The van der Waals surface area contributed by atoms with Crippen LogP contribution in [0.3, 0.4) is 0 Å². The molecule has 0 fully saturated rings. The van der Waals surface area contributed by atoms with Crippen LogP contribution in [-0.2, 0) is 9.53 Å². The Hall–Kier alpha value is -4.14. The van der Waals surface area contributed by atoms with E-state index in [0.717, 1.165) is 0 Å². The Bertz CT molecular complexity index is 1260. The second-order valence-electron chi connectivity index (χ2n) is 7.28. The normalized spacial score (nSPS) is 11.0. The molecule has 4 aromatic rings. The summed E-state index contributed by atoms with van der Waals surface area (Å²) >= 11 is 0. The van der Waals surface area contributed by atoms with Gasteiger partial charge in [0.15, 0.2) is 18.0 Å². The number of nitrogens with zero attached hydrogens (tertiary/aromatic N) is 3. The fourth-order valence-electron chi connectivity index (χ4n) is 3.26. The van der Waals surface area contributed by atoms with Crippen LogP contribution in [0.25, 0.3) is 22.5 Å². The number of methoxy groups -OCH3 is 1. The van der Waals surface area contributed by atoms with Crippen molar-refractivity contribution in [3.63, 3.8) is 0 Å². The van der Waals surface area contributed by atoms with Gasteiger partial charge in [0.2, 0.25) is 0 Å². The van der Waals surface area contributed by atoms with E-state index < -0.39 is 18.5 Å². The van der Waals surface area contributed by atoms with Gasteiger partial charge in [-0.1, -0.05) is 12.1 Å². The first-order chi connectivity index (χ1) is 15.5. The lowest BCUT2D eigenvalue weighted by Crippen LogP contribution is -2.21. The van der Waals surface area contributed by atoms with Gasteiger partial charge in [-0.2, -0.15) is 5.10 Å². The van der Waals surface area contributed by atoms with Crippen molar-refractivity contribution < 1.29 is 23.5 Å². The molecule has 1 N–H and O–H groups in total. The van der Waals surface area contributed by atoms with E-state index >= 15 is 0 Å². The molecule has 164 valence electrons. The van der Waals surface area contributed by atoms with Gasteiger partial charge in [-0.3, -0.25) is 4.79 Å².